The van der Waals surface area contributed by atoms with Crippen molar-refractivity contribution in [2.45, 2.75) is 57.2 Å². The summed E-state index contributed by atoms with van der Waals surface area (Å²) in [6.07, 6.45) is 4.48. The summed E-state index contributed by atoms with van der Waals surface area (Å²) in [6.45, 7) is 0.289. The van der Waals surface area contributed by atoms with Crippen LogP contribution in [0.15, 0.2) is 43.0 Å². The molecule has 1 aliphatic rings. The van der Waals surface area contributed by atoms with Gasteiger partial charge in [0.15, 0.2) is 0 Å². The number of hydrogen-bond donors (Lipinski definition) is 2. The number of anilines is 3. The van der Waals surface area contributed by atoms with E-state index in [9.17, 15) is 18.0 Å². The first-order valence-corrected chi connectivity index (χ1v) is 10.2. The van der Waals surface area contributed by atoms with Crippen LogP contribution in [0, 0.1) is 0 Å². The van der Waals surface area contributed by atoms with E-state index in [0.29, 0.717) is 11.4 Å². The third kappa shape index (κ3) is 6.60. The number of rotatable bonds is 7. The van der Waals surface area contributed by atoms with E-state index in [1.54, 1.807) is 12.1 Å². The van der Waals surface area contributed by atoms with Gasteiger partial charge in [-0.25, -0.2) is 14.8 Å². The van der Waals surface area contributed by atoms with E-state index in [0.717, 1.165) is 37.8 Å². The fourth-order valence-electron chi connectivity index (χ4n) is 3.82. The maximum atomic E-state index is 12.7. The summed E-state index contributed by atoms with van der Waals surface area (Å²) in [5, 5.41) is 5.47. The van der Waals surface area contributed by atoms with Gasteiger partial charge in [0.25, 0.3) is 0 Å². The van der Waals surface area contributed by atoms with Gasteiger partial charge in [-0.05, 0) is 31.4 Å². The van der Waals surface area contributed by atoms with Gasteiger partial charge in [0.05, 0.1) is 29.5 Å². The molecule has 0 atom stereocenters. The fraction of sp³-hybridized carbons (Fsp3) is 0.476. The van der Waals surface area contributed by atoms with Crippen LogP contribution in [0.3, 0.4) is 0 Å². The molecule has 2 amide bonds. The third-order valence-corrected chi connectivity index (χ3v) is 5.15. The molecule has 162 valence electrons. The Morgan fingerprint density at radius 1 is 1.07 bits per heavy atom. The lowest BCUT2D eigenvalue weighted by atomic mass is 9.93. The molecule has 30 heavy (non-hydrogen) atoms. The maximum Gasteiger partial charge on any atom is 0.389 e. The third-order valence-electron chi connectivity index (χ3n) is 5.15. The number of hydrogen-bond acceptors (Lipinski definition) is 4. The second kappa shape index (κ2) is 10.3. The minimum absolute atomic E-state index is 0.0158. The first kappa shape index (κ1) is 21.9. The number of nitrogens with one attached hydrogen (secondary N) is 2. The Balaban J connectivity index is 1.76. The van der Waals surface area contributed by atoms with Gasteiger partial charge in [0.2, 0.25) is 0 Å². The van der Waals surface area contributed by atoms with Crippen LogP contribution in [0.5, 0.6) is 0 Å². The highest BCUT2D eigenvalue weighted by atomic mass is 19.4. The highest BCUT2D eigenvalue weighted by Crippen LogP contribution is 2.33. The van der Waals surface area contributed by atoms with Crippen LogP contribution in [-0.2, 0) is 0 Å². The van der Waals surface area contributed by atoms with Gasteiger partial charge >= 0.3 is 12.2 Å². The van der Waals surface area contributed by atoms with Gasteiger partial charge in [-0.1, -0.05) is 31.4 Å². The normalized spacial score (nSPS) is 14.9. The molecule has 9 heteroatoms. The summed E-state index contributed by atoms with van der Waals surface area (Å²) < 4.78 is 38.1. The molecule has 1 aromatic heterocycles. The smallest absolute Gasteiger partial charge is 0.367 e. The quantitative estimate of drug-likeness (QED) is 0.610. The molecule has 1 fully saturated rings. The van der Waals surface area contributed by atoms with E-state index in [1.807, 2.05) is 17.0 Å². The van der Waals surface area contributed by atoms with Gasteiger partial charge in [-0.2, -0.15) is 13.2 Å². The zero-order valence-corrected chi connectivity index (χ0v) is 16.7. The summed E-state index contributed by atoms with van der Waals surface area (Å²) in [5.41, 5.74) is 1.75. The Kier molecular flexibility index (Phi) is 7.48. The number of alkyl halides is 3. The van der Waals surface area contributed by atoms with Crippen molar-refractivity contribution in [2.75, 3.05) is 22.1 Å². The van der Waals surface area contributed by atoms with E-state index in [4.69, 9.17) is 0 Å². The number of aromatic nitrogens is 2. The minimum atomic E-state index is -4.17. The lowest BCUT2D eigenvalue weighted by Gasteiger charge is -2.37. The second-order valence-electron chi connectivity index (χ2n) is 7.43. The Bertz CT molecular complexity index is 810. The first-order chi connectivity index (χ1) is 14.4. The second-order valence-corrected chi connectivity index (χ2v) is 7.43. The molecule has 1 heterocycles. The summed E-state index contributed by atoms with van der Waals surface area (Å²) >= 11 is 0. The number of urea groups is 1. The predicted molar refractivity (Wildman–Crippen MR) is 111 cm³/mol. The zero-order valence-electron chi connectivity index (χ0n) is 16.7. The number of carbonyl (C=O) groups excluding carboxylic acids is 1. The molecule has 1 aliphatic carbocycles. The predicted octanol–water partition coefficient (Wildman–Crippen LogP) is 5.60. The van der Waals surface area contributed by atoms with Crippen LogP contribution in [0.25, 0.3) is 0 Å². The Labute approximate surface area is 173 Å². The fourth-order valence-corrected chi connectivity index (χ4v) is 3.82. The Morgan fingerprint density at radius 2 is 1.77 bits per heavy atom. The molecule has 0 radical (unpaired) electrons. The van der Waals surface area contributed by atoms with Crippen molar-refractivity contribution in [1.29, 1.82) is 0 Å². The monoisotopic (exact) mass is 421 g/mol. The zero-order chi connectivity index (χ0) is 21.4. The van der Waals surface area contributed by atoms with Crippen LogP contribution < -0.4 is 15.5 Å². The van der Waals surface area contributed by atoms with Crippen LogP contribution in [0.1, 0.15) is 44.9 Å². The van der Waals surface area contributed by atoms with Crippen molar-refractivity contribution in [3.8, 4) is 0 Å². The highest BCUT2D eigenvalue weighted by molar-refractivity contribution is 6.01. The molecule has 0 aliphatic heterocycles. The van der Waals surface area contributed by atoms with Crippen molar-refractivity contribution >= 4 is 23.1 Å². The largest absolute Gasteiger partial charge is 0.389 e. The maximum absolute atomic E-state index is 12.7. The van der Waals surface area contributed by atoms with Crippen LogP contribution in [-0.4, -0.2) is 34.8 Å². The van der Waals surface area contributed by atoms with Crippen LogP contribution in [0.4, 0.5) is 35.0 Å². The lowest BCUT2D eigenvalue weighted by Crippen LogP contribution is -2.38. The van der Waals surface area contributed by atoms with Crippen molar-refractivity contribution in [3.05, 3.63) is 43.0 Å². The lowest BCUT2D eigenvalue weighted by molar-refractivity contribution is -0.135. The molecular weight excluding hydrogens is 395 g/mol. The first-order valence-electron chi connectivity index (χ1n) is 10.2. The number of halogens is 3. The van der Waals surface area contributed by atoms with Crippen molar-refractivity contribution in [1.82, 2.24) is 9.97 Å². The number of nitrogens with zero attached hydrogens (tertiary/aromatic N) is 3. The summed E-state index contributed by atoms with van der Waals surface area (Å²) in [5.74, 6) is 0. The molecule has 6 nitrogen and oxygen atoms in total. The summed E-state index contributed by atoms with van der Waals surface area (Å²) in [7, 11) is 0. The van der Waals surface area contributed by atoms with E-state index in [-0.39, 0.29) is 19.0 Å². The topological polar surface area (TPSA) is 70.1 Å². The average molecular weight is 421 g/mol. The van der Waals surface area contributed by atoms with Gasteiger partial charge in [-0.15, -0.1) is 0 Å². The van der Waals surface area contributed by atoms with E-state index in [1.165, 1.54) is 18.7 Å². The molecular formula is C21H26F3N5O. The standard InChI is InChI=1S/C21H26F3N5O/c22-21(23,24)11-6-12-29(17-7-2-1-3-8-17)19-10-5-4-9-18(19)28-20(30)27-16-13-25-15-26-14-16/h4-5,9-10,13-15,17H,1-3,6-8,11-12H2,(H2,27,28,30). The molecule has 0 saturated heterocycles. The van der Waals surface area contributed by atoms with Gasteiger partial charge in [-0.3, -0.25) is 0 Å². The molecule has 2 N–H and O–H groups in total. The molecule has 0 unspecified atom stereocenters. The molecule has 3 rings (SSSR count). The van der Waals surface area contributed by atoms with Crippen molar-refractivity contribution < 1.29 is 18.0 Å². The van der Waals surface area contributed by atoms with Gasteiger partial charge in [0.1, 0.15) is 6.33 Å². The number of carbonyl (C=O) groups is 1. The summed E-state index contributed by atoms with van der Waals surface area (Å²) in [6, 6.07) is 6.94. The summed E-state index contributed by atoms with van der Waals surface area (Å²) in [4.78, 5) is 22.2. The number of para-hydroxylation sites is 2. The minimum Gasteiger partial charge on any atom is -0.367 e. The van der Waals surface area contributed by atoms with Gasteiger partial charge < -0.3 is 15.5 Å². The van der Waals surface area contributed by atoms with Crippen LogP contribution in [0.2, 0.25) is 0 Å². The van der Waals surface area contributed by atoms with Crippen molar-refractivity contribution in [3.63, 3.8) is 0 Å². The molecule has 1 saturated carbocycles. The SMILES string of the molecule is O=C(Nc1cncnc1)Nc1ccccc1N(CCCC(F)(F)F)C1CCCCC1. The molecule has 1 aromatic carbocycles. The molecule has 0 bridgehead atoms. The van der Waals surface area contributed by atoms with Crippen LogP contribution >= 0.6 is 0 Å². The molecule has 0 spiro atoms. The highest BCUT2D eigenvalue weighted by Gasteiger charge is 2.29. The van der Waals surface area contributed by atoms with Crippen molar-refractivity contribution in [2.24, 2.45) is 0 Å². The van der Waals surface area contributed by atoms with Gasteiger partial charge in [0, 0.05) is 19.0 Å². The number of amides is 2. The average Bonchev–Trinajstić information content (AvgIpc) is 2.72. The Hall–Kier alpha value is -2.84. The molecule has 2 aromatic rings. The van der Waals surface area contributed by atoms with E-state index < -0.39 is 18.6 Å². The Morgan fingerprint density at radius 3 is 2.47 bits per heavy atom. The number of benzene rings is 1. The van der Waals surface area contributed by atoms with E-state index >= 15 is 0 Å². The van der Waals surface area contributed by atoms with E-state index in [2.05, 4.69) is 20.6 Å².